The highest BCUT2D eigenvalue weighted by Crippen LogP contribution is 2.30. The van der Waals surface area contributed by atoms with E-state index in [1.165, 1.54) is 12.1 Å². The average molecular weight is 366 g/mol. The van der Waals surface area contributed by atoms with Gasteiger partial charge in [-0.25, -0.2) is 4.79 Å². The normalized spacial score (nSPS) is 12.6. The molecule has 1 unspecified atom stereocenters. The van der Waals surface area contributed by atoms with Gasteiger partial charge in [0.1, 0.15) is 5.75 Å². The summed E-state index contributed by atoms with van der Waals surface area (Å²) >= 11 is 0. The number of carbonyl (C=O) groups is 1. The van der Waals surface area contributed by atoms with E-state index < -0.39 is 24.0 Å². The van der Waals surface area contributed by atoms with Crippen LogP contribution in [-0.4, -0.2) is 12.3 Å². The molecule has 0 fully saturated rings. The summed E-state index contributed by atoms with van der Waals surface area (Å²) in [5.41, 5.74) is 0.219. The van der Waals surface area contributed by atoms with E-state index in [-0.39, 0.29) is 11.6 Å². The number of ether oxygens (including phenoxy) is 1. The van der Waals surface area contributed by atoms with E-state index in [2.05, 4.69) is 10.6 Å². The molecule has 0 saturated heterocycles. The van der Waals surface area contributed by atoms with Crippen LogP contribution in [0.15, 0.2) is 48.5 Å². The van der Waals surface area contributed by atoms with Gasteiger partial charge in [-0.05, 0) is 42.7 Å². The average Bonchev–Trinajstić information content (AvgIpc) is 2.54. The van der Waals surface area contributed by atoms with E-state index in [0.717, 1.165) is 17.7 Å². The molecule has 0 saturated carbocycles. The first kappa shape index (κ1) is 19.6. The number of alkyl halides is 3. The molecule has 0 aliphatic heterocycles. The van der Waals surface area contributed by atoms with Gasteiger partial charge < -0.3 is 15.4 Å². The van der Waals surface area contributed by atoms with Gasteiger partial charge in [0.2, 0.25) is 0 Å². The van der Waals surface area contributed by atoms with Crippen molar-refractivity contribution in [1.82, 2.24) is 5.32 Å². The zero-order valence-electron chi connectivity index (χ0n) is 14.7. The number of halogens is 3. The van der Waals surface area contributed by atoms with E-state index >= 15 is 0 Å². The van der Waals surface area contributed by atoms with Crippen molar-refractivity contribution in [2.45, 2.75) is 39.1 Å². The van der Waals surface area contributed by atoms with E-state index in [1.807, 2.05) is 32.0 Å². The minimum atomic E-state index is -4.47. The van der Waals surface area contributed by atoms with E-state index in [9.17, 15) is 18.0 Å². The molecule has 0 bridgehead atoms. The van der Waals surface area contributed by atoms with Crippen LogP contribution in [0.4, 0.5) is 23.7 Å². The lowest BCUT2D eigenvalue weighted by Crippen LogP contribution is -2.39. The molecule has 140 valence electrons. The molecule has 4 nitrogen and oxygen atoms in total. The summed E-state index contributed by atoms with van der Waals surface area (Å²) in [5, 5.41) is 4.93. The second-order valence-electron chi connectivity index (χ2n) is 6.13. The molecule has 2 aromatic rings. The van der Waals surface area contributed by atoms with Gasteiger partial charge in [-0.15, -0.1) is 0 Å². The van der Waals surface area contributed by atoms with Crippen molar-refractivity contribution >= 4 is 11.7 Å². The molecule has 7 heteroatoms. The maximum absolute atomic E-state index is 12.7. The van der Waals surface area contributed by atoms with Crippen LogP contribution in [0.1, 0.15) is 37.8 Å². The quantitative estimate of drug-likeness (QED) is 0.699. The van der Waals surface area contributed by atoms with Crippen molar-refractivity contribution in [1.29, 1.82) is 0 Å². The number of hydrogen-bond acceptors (Lipinski definition) is 2. The zero-order chi connectivity index (χ0) is 19.3. The Morgan fingerprint density at radius 3 is 2.38 bits per heavy atom. The largest absolute Gasteiger partial charge is 0.471 e. The van der Waals surface area contributed by atoms with Crippen molar-refractivity contribution in [2.24, 2.45) is 0 Å². The van der Waals surface area contributed by atoms with Gasteiger partial charge in [-0.3, -0.25) is 0 Å². The number of amides is 2. The van der Waals surface area contributed by atoms with Crippen LogP contribution in [0.5, 0.6) is 5.75 Å². The van der Waals surface area contributed by atoms with Crippen LogP contribution in [0, 0.1) is 0 Å². The molecule has 0 spiro atoms. The minimum Gasteiger partial charge on any atom is -0.471 e. The Kier molecular flexibility index (Phi) is 6.13. The molecule has 2 amide bonds. The van der Waals surface area contributed by atoms with Gasteiger partial charge in [-0.1, -0.05) is 38.1 Å². The van der Waals surface area contributed by atoms with Gasteiger partial charge in [0, 0.05) is 5.69 Å². The van der Waals surface area contributed by atoms with Crippen molar-refractivity contribution in [3.05, 3.63) is 59.7 Å². The number of hydrogen-bond donors (Lipinski definition) is 2. The predicted molar refractivity (Wildman–Crippen MR) is 94.2 cm³/mol. The summed E-state index contributed by atoms with van der Waals surface area (Å²) in [7, 11) is 0. The van der Waals surface area contributed by atoms with Gasteiger partial charge >= 0.3 is 12.2 Å². The van der Waals surface area contributed by atoms with Gasteiger partial charge in [0.15, 0.2) is 6.23 Å². The summed E-state index contributed by atoms with van der Waals surface area (Å²) in [6.45, 7) is 5.70. The lowest BCUT2D eigenvalue weighted by atomic mass is 10.0. The number of nitrogens with one attached hydrogen (secondary N) is 2. The molecule has 2 rings (SSSR count). The first-order chi connectivity index (χ1) is 12.2. The Morgan fingerprint density at radius 1 is 1.04 bits per heavy atom. The first-order valence-corrected chi connectivity index (χ1v) is 8.17. The summed E-state index contributed by atoms with van der Waals surface area (Å²) < 4.78 is 43.9. The Balaban J connectivity index is 1.98. The molecule has 0 radical (unpaired) electrons. The highest BCUT2D eigenvalue weighted by molar-refractivity contribution is 5.89. The molecule has 2 aromatic carbocycles. The van der Waals surface area contributed by atoms with Gasteiger partial charge in [-0.2, -0.15) is 13.2 Å². The third-order valence-electron chi connectivity index (χ3n) is 3.63. The van der Waals surface area contributed by atoms with Crippen molar-refractivity contribution in [3.63, 3.8) is 0 Å². The number of rotatable bonds is 5. The molecular formula is C19H21F3N2O2. The Bertz CT molecular complexity index is 760. The van der Waals surface area contributed by atoms with Crippen molar-refractivity contribution in [3.8, 4) is 5.75 Å². The maximum atomic E-state index is 12.7. The van der Waals surface area contributed by atoms with Gasteiger partial charge in [0.05, 0.1) is 5.56 Å². The number of para-hydroxylation sites is 1. The maximum Gasteiger partial charge on any atom is 0.416 e. The third-order valence-corrected chi connectivity index (χ3v) is 3.63. The molecule has 2 N–H and O–H groups in total. The fourth-order valence-electron chi connectivity index (χ4n) is 2.41. The summed E-state index contributed by atoms with van der Waals surface area (Å²) in [4.78, 5) is 12.0. The number of benzene rings is 2. The number of anilines is 1. The SMILES string of the molecule is CC(NC(=O)Nc1cccc(C(F)(F)F)c1)Oc1ccccc1C(C)C. The molecular weight excluding hydrogens is 345 g/mol. The fourth-order valence-corrected chi connectivity index (χ4v) is 2.41. The Morgan fingerprint density at radius 2 is 1.73 bits per heavy atom. The van der Waals surface area contributed by atoms with Crippen molar-refractivity contribution in [2.75, 3.05) is 5.32 Å². The van der Waals surface area contributed by atoms with Crippen LogP contribution in [-0.2, 0) is 6.18 Å². The van der Waals surface area contributed by atoms with Crippen LogP contribution < -0.4 is 15.4 Å². The molecule has 1 atom stereocenters. The number of carbonyl (C=O) groups excluding carboxylic acids is 1. The predicted octanol–water partition coefficient (Wildman–Crippen LogP) is 5.38. The zero-order valence-corrected chi connectivity index (χ0v) is 14.7. The second kappa shape index (κ2) is 8.12. The highest BCUT2D eigenvalue weighted by atomic mass is 19.4. The monoisotopic (exact) mass is 366 g/mol. The highest BCUT2D eigenvalue weighted by Gasteiger charge is 2.30. The summed E-state index contributed by atoms with van der Waals surface area (Å²) in [6, 6.07) is 11.3. The van der Waals surface area contributed by atoms with Crippen molar-refractivity contribution < 1.29 is 22.7 Å². The first-order valence-electron chi connectivity index (χ1n) is 8.17. The Hall–Kier alpha value is -2.70. The fraction of sp³-hybridized carbons (Fsp3) is 0.316. The smallest absolute Gasteiger partial charge is 0.416 e. The van der Waals surface area contributed by atoms with Crippen LogP contribution >= 0.6 is 0 Å². The standard InChI is InChI=1S/C19H21F3N2O2/c1-12(2)16-9-4-5-10-17(16)26-13(3)23-18(25)24-15-8-6-7-14(11-15)19(20,21)22/h4-13H,1-3H3,(H2,23,24,25). The molecule has 0 heterocycles. The molecule has 0 aromatic heterocycles. The van der Waals surface area contributed by atoms with Crippen LogP contribution in [0.3, 0.4) is 0 Å². The topological polar surface area (TPSA) is 50.4 Å². The summed E-state index contributed by atoms with van der Waals surface area (Å²) in [5.74, 6) is 0.895. The van der Waals surface area contributed by atoms with E-state index in [4.69, 9.17) is 4.74 Å². The molecule has 0 aliphatic rings. The minimum absolute atomic E-state index is 0.0482. The lowest BCUT2D eigenvalue weighted by Gasteiger charge is -2.20. The summed E-state index contributed by atoms with van der Waals surface area (Å²) in [6.07, 6.45) is -5.13. The van der Waals surface area contributed by atoms with E-state index in [1.54, 1.807) is 13.0 Å². The van der Waals surface area contributed by atoms with Gasteiger partial charge in [0.25, 0.3) is 0 Å². The number of urea groups is 1. The molecule has 26 heavy (non-hydrogen) atoms. The van der Waals surface area contributed by atoms with Crippen LogP contribution in [0.2, 0.25) is 0 Å². The molecule has 0 aliphatic carbocycles. The Labute approximate surface area is 150 Å². The second-order valence-corrected chi connectivity index (χ2v) is 6.13. The lowest BCUT2D eigenvalue weighted by molar-refractivity contribution is -0.137. The van der Waals surface area contributed by atoms with Crippen LogP contribution in [0.25, 0.3) is 0 Å². The van der Waals surface area contributed by atoms with E-state index in [0.29, 0.717) is 5.75 Å². The third kappa shape index (κ3) is 5.40.